The topological polar surface area (TPSA) is 33.0 Å². The van der Waals surface area contributed by atoms with Gasteiger partial charge < -0.3 is 4.74 Å². The summed E-state index contributed by atoms with van der Waals surface area (Å²) >= 11 is 0. The van der Waals surface area contributed by atoms with Crippen LogP contribution < -0.4 is 0 Å². The molecule has 2 saturated carbocycles. The lowest BCUT2D eigenvalue weighted by Crippen LogP contribution is -2.33. The summed E-state index contributed by atoms with van der Waals surface area (Å²) in [7, 11) is 1.82. The Bertz CT molecular complexity index is 551. The van der Waals surface area contributed by atoms with Crippen molar-refractivity contribution in [2.75, 3.05) is 7.11 Å². The zero-order chi connectivity index (χ0) is 14.8. The number of hydrogen-bond acceptors (Lipinski definition) is 2. The highest BCUT2D eigenvalue weighted by atomic mass is 19.1. The van der Waals surface area contributed by atoms with Crippen LogP contribution in [0.1, 0.15) is 55.6 Å². The van der Waals surface area contributed by atoms with E-state index in [9.17, 15) is 4.39 Å². The molecular formula is C18H22FNO. The quantitative estimate of drug-likeness (QED) is 0.808. The van der Waals surface area contributed by atoms with Gasteiger partial charge in [-0.1, -0.05) is 6.07 Å². The zero-order valence-electron chi connectivity index (χ0n) is 12.5. The molecule has 0 bridgehead atoms. The molecule has 3 heteroatoms. The van der Waals surface area contributed by atoms with Crippen LogP contribution >= 0.6 is 0 Å². The third-order valence-corrected chi connectivity index (χ3v) is 5.48. The van der Waals surface area contributed by atoms with E-state index in [4.69, 9.17) is 10.00 Å². The first-order valence-electron chi connectivity index (χ1n) is 7.93. The first-order chi connectivity index (χ1) is 10.2. The highest BCUT2D eigenvalue weighted by Gasteiger charge is 2.36. The van der Waals surface area contributed by atoms with Crippen molar-refractivity contribution >= 4 is 0 Å². The molecule has 0 spiro atoms. The van der Waals surface area contributed by atoms with Crippen LogP contribution in [0.15, 0.2) is 18.2 Å². The van der Waals surface area contributed by atoms with Crippen LogP contribution in [0.3, 0.4) is 0 Å². The SMILES string of the molecule is COC1CCC2CC(c3ccc(C#N)c(F)c3)CCC2C1. The van der Waals surface area contributed by atoms with E-state index in [1.807, 2.05) is 19.2 Å². The Labute approximate surface area is 125 Å². The predicted molar refractivity (Wildman–Crippen MR) is 79.3 cm³/mol. The zero-order valence-corrected chi connectivity index (χ0v) is 12.5. The molecule has 112 valence electrons. The van der Waals surface area contributed by atoms with Crippen LogP contribution in [0, 0.1) is 29.0 Å². The Morgan fingerprint density at radius 2 is 1.90 bits per heavy atom. The summed E-state index contributed by atoms with van der Waals surface area (Å²) in [6, 6.07) is 7.03. The number of fused-ring (bicyclic) bond motifs is 1. The second-order valence-corrected chi connectivity index (χ2v) is 6.55. The van der Waals surface area contributed by atoms with Gasteiger partial charge in [0.1, 0.15) is 11.9 Å². The van der Waals surface area contributed by atoms with E-state index in [0.717, 1.165) is 36.7 Å². The Hall–Kier alpha value is -1.40. The molecule has 0 N–H and O–H groups in total. The third kappa shape index (κ3) is 2.96. The highest BCUT2D eigenvalue weighted by molar-refractivity contribution is 5.35. The minimum atomic E-state index is -0.375. The standard InChI is InChI=1S/C18H22FNO/c1-21-17-7-6-13-8-12(2-3-14(13)9-17)15-4-5-16(11-20)18(19)10-15/h4-5,10,12-14,17H,2-3,6-9H2,1H3. The van der Waals surface area contributed by atoms with Gasteiger partial charge in [0, 0.05) is 7.11 Å². The molecule has 2 aliphatic rings. The number of ether oxygens (including phenoxy) is 1. The Morgan fingerprint density at radius 1 is 1.14 bits per heavy atom. The fourth-order valence-corrected chi connectivity index (χ4v) is 4.24. The van der Waals surface area contributed by atoms with Crippen molar-refractivity contribution in [1.82, 2.24) is 0 Å². The molecule has 0 amide bonds. The smallest absolute Gasteiger partial charge is 0.141 e. The Kier molecular flexibility index (Phi) is 4.26. The van der Waals surface area contributed by atoms with Gasteiger partial charge in [0.2, 0.25) is 0 Å². The van der Waals surface area contributed by atoms with Gasteiger partial charge in [-0.2, -0.15) is 5.26 Å². The average molecular weight is 287 g/mol. The average Bonchev–Trinajstić information content (AvgIpc) is 2.53. The summed E-state index contributed by atoms with van der Waals surface area (Å²) < 4.78 is 19.3. The molecule has 2 nitrogen and oxygen atoms in total. The van der Waals surface area contributed by atoms with Crippen molar-refractivity contribution < 1.29 is 9.13 Å². The fraction of sp³-hybridized carbons (Fsp3) is 0.611. The van der Waals surface area contributed by atoms with Gasteiger partial charge in [-0.15, -0.1) is 0 Å². The molecule has 2 fully saturated rings. The molecule has 1 aromatic rings. The maximum atomic E-state index is 13.8. The molecule has 0 radical (unpaired) electrons. The van der Waals surface area contributed by atoms with Gasteiger partial charge in [0.05, 0.1) is 11.7 Å². The molecule has 21 heavy (non-hydrogen) atoms. The maximum Gasteiger partial charge on any atom is 0.141 e. The van der Waals surface area contributed by atoms with Crippen molar-refractivity contribution in [3.63, 3.8) is 0 Å². The van der Waals surface area contributed by atoms with E-state index in [0.29, 0.717) is 12.0 Å². The first kappa shape index (κ1) is 14.5. The van der Waals surface area contributed by atoms with E-state index in [-0.39, 0.29) is 11.4 Å². The van der Waals surface area contributed by atoms with Gasteiger partial charge in [0.15, 0.2) is 0 Å². The van der Waals surface area contributed by atoms with Crippen LogP contribution in [-0.4, -0.2) is 13.2 Å². The molecule has 0 aromatic heterocycles. The monoisotopic (exact) mass is 287 g/mol. The lowest BCUT2D eigenvalue weighted by Gasteiger charge is -2.42. The van der Waals surface area contributed by atoms with Gasteiger partial charge >= 0.3 is 0 Å². The van der Waals surface area contributed by atoms with Crippen LogP contribution in [0.5, 0.6) is 0 Å². The maximum absolute atomic E-state index is 13.8. The summed E-state index contributed by atoms with van der Waals surface area (Å²) in [6.45, 7) is 0. The molecule has 3 rings (SSSR count). The van der Waals surface area contributed by atoms with Crippen molar-refractivity contribution in [2.24, 2.45) is 11.8 Å². The number of rotatable bonds is 2. The molecule has 0 heterocycles. The number of halogens is 1. The van der Waals surface area contributed by atoms with E-state index in [1.54, 1.807) is 12.1 Å². The van der Waals surface area contributed by atoms with Crippen molar-refractivity contribution in [1.29, 1.82) is 5.26 Å². The Balaban J connectivity index is 1.70. The largest absolute Gasteiger partial charge is 0.381 e. The summed E-state index contributed by atoms with van der Waals surface area (Å²) in [5, 5.41) is 8.82. The molecule has 0 saturated heterocycles. The number of nitriles is 1. The lowest BCUT2D eigenvalue weighted by atomic mass is 9.65. The second-order valence-electron chi connectivity index (χ2n) is 6.55. The van der Waals surface area contributed by atoms with Crippen molar-refractivity contribution in [2.45, 2.75) is 50.5 Å². The molecule has 1 aromatic carbocycles. The van der Waals surface area contributed by atoms with Crippen LogP contribution in [0.25, 0.3) is 0 Å². The van der Waals surface area contributed by atoms with Crippen molar-refractivity contribution in [3.05, 3.63) is 35.1 Å². The minimum Gasteiger partial charge on any atom is -0.381 e. The van der Waals surface area contributed by atoms with Gasteiger partial charge in [-0.25, -0.2) is 4.39 Å². The molecule has 2 aliphatic carbocycles. The van der Waals surface area contributed by atoms with E-state index >= 15 is 0 Å². The van der Waals surface area contributed by atoms with Crippen LogP contribution in [-0.2, 0) is 4.74 Å². The number of hydrogen-bond donors (Lipinski definition) is 0. The molecule has 0 aliphatic heterocycles. The summed E-state index contributed by atoms with van der Waals surface area (Å²) in [6.07, 6.45) is 7.53. The number of nitrogens with zero attached hydrogens (tertiary/aromatic N) is 1. The summed E-state index contributed by atoms with van der Waals surface area (Å²) in [4.78, 5) is 0. The predicted octanol–water partition coefficient (Wildman–Crippen LogP) is 4.40. The summed E-state index contributed by atoms with van der Waals surface area (Å²) in [5.41, 5.74) is 1.21. The minimum absolute atomic E-state index is 0.146. The molecular weight excluding hydrogens is 265 g/mol. The van der Waals surface area contributed by atoms with Gasteiger partial charge in [-0.05, 0) is 74.0 Å². The second kappa shape index (κ2) is 6.15. The normalized spacial score (nSPS) is 32.2. The van der Waals surface area contributed by atoms with Crippen LogP contribution in [0.2, 0.25) is 0 Å². The molecule has 4 unspecified atom stereocenters. The Morgan fingerprint density at radius 3 is 2.62 bits per heavy atom. The number of benzene rings is 1. The fourth-order valence-electron chi connectivity index (χ4n) is 4.24. The van der Waals surface area contributed by atoms with Crippen LogP contribution in [0.4, 0.5) is 4.39 Å². The third-order valence-electron chi connectivity index (χ3n) is 5.48. The van der Waals surface area contributed by atoms with Gasteiger partial charge in [-0.3, -0.25) is 0 Å². The van der Waals surface area contributed by atoms with E-state index in [1.165, 1.54) is 19.3 Å². The van der Waals surface area contributed by atoms with E-state index in [2.05, 4.69) is 0 Å². The van der Waals surface area contributed by atoms with E-state index < -0.39 is 0 Å². The first-order valence-corrected chi connectivity index (χ1v) is 7.93. The number of methoxy groups -OCH3 is 1. The summed E-state index contributed by atoms with van der Waals surface area (Å²) in [5.74, 6) is 1.62. The highest BCUT2D eigenvalue weighted by Crippen LogP contribution is 2.46. The van der Waals surface area contributed by atoms with Gasteiger partial charge in [0.25, 0.3) is 0 Å². The molecule has 4 atom stereocenters. The van der Waals surface area contributed by atoms with Crippen molar-refractivity contribution in [3.8, 4) is 6.07 Å². The lowest BCUT2D eigenvalue weighted by molar-refractivity contribution is 0.0123.